The minimum absolute atomic E-state index is 0.0316. The fraction of sp³-hybridized carbons (Fsp3) is 0.741. The van der Waals surface area contributed by atoms with E-state index in [9.17, 15) is 9.90 Å². The molecular weight excluding hydrogens is 432 g/mol. The standard InChI is InChI=1S/C27H48O5Si/c1-18(2)33(19(3)4,20(5)6)32-16-22(8)27(29)23(9)26(28)21(7)15-31-17-24-11-13-25(30-10)14-12-24/h11-14,18-23,27,29H,15-17H2,1-10H3/t21-,22-,23+,27-/m0/s1. The van der Waals surface area contributed by atoms with Gasteiger partial charge in [-0.25, -0.2) is 0 Å². The zero-order valence-corrected chi connectivity index (χ0v) is 23.6. The number of rotatable bonds is 15. The predicted molar refractivity (Wildman–Crippen MR) is 138 cm³/mol. The number of ketones is 1. The second kappa shape index (κ2) is 13.6. The topological polar surface area (TPSA) is 65.0 Å². The number of aliphatic hydroxyl groups excluding tert-OH is 1. The lowest BCUT2D eigenvalue weighted by Crippen LogP contribution is -2.49. The molecule has 0 amide bonds. The van der Waals surface area contributed by atoms with Gasteiger partial charge in [-0.3, -0.25) is 4.79 Å². The molecule has 0 spiro atoms. The van der Waals surface area contributed by atoms with Gasteiger partial charge >= 0.3 is 0 Å². The van der Waals surface area contributed by atoms with Gasteiger partial charge in [-0.2, -0.15) is 0 Å². The third kappa shape index (κ3) is 7.91. The van der Waals surface area contributed by atoms with E-state index >= 15 is 0 Å². The second-order valence-electron chi connectivity index (χ2n) is 10.6. The van der Waals surface area contributed by atoms with Gasteiger partial charge in [0.05, 0.1) is 26.4 Å². The van der Waals surface area contributed by atoms with Gasteiger partial charge in [-0.15, -0.1) is 0 Å². The van der Waals surface area contributed by atoms with Crippen molar-refractivity contribution in [2.24, 2.45) is 17.8 Å². The first-order valence-corrected chi connectivity index (χ1v) is 14.6. The number of ether oxygens (including phenoxy) is 2. The van der Waals surface area contributed by atoms with E-state index in [4.69, 9.17) is 13.9 Å². The molecule has 1 aromatic carbocycles. The van der Waals surface area contributed by atoms with Crippen LogP contribution in [-0.4, -0.2) is 45.6 Å². The van der Waals surface area contributed by atoms with Crippen molar-refractivity contribution in [1.29, 1.82) is 0 Å². The Hall–Kier alpha value is -1.21. The third-order valence-corrected chi connectivity index (χ3v) is 13.2. The van der Waals surface area contributed by atoms with Crippen LogP contribution in [0.3, 0.4) is 0 Å². The molecule has 0 unspecified atom stereocenters. The summed E-state index contributed by atoms with van der Waals surface area (Å²) in [7, 11) is -0.362. The van der Waals surface area contributed by atoms with Crippen molar-refractivity contribution in [2.75, 3.05) is 20.3 Å². The SMILES string of the molecule is COc1ccc(COC[C@H](C)C(=O)[C@@H](C)[C@@H](O)[C@@H](C)CO[Si](C(C)C)(C(C)C)C(C)C)cc1. The molecular formula is C27H48O5Si. The maximum Gasteiger partial charge on any atom is 0.200 e. The van der Waals surface area contributed by atoms with Crippen LogP contribution in [0.25, 0.3) is 0 Å². The Labute approximate surface area is 203 Å². The van der Waals surface area contributed by atoms with E-state index in [0.717, 1.165) is 11.3 Å². The molecule has 5 nitrogen and oxygen atoms in total. The van der Waals surface area contributed by atoms with E-state index in [-0.39, 0.29) is 17.6 Å². The van der Waals surface area contributed by atoms with Crippen molar-refractivity contribution in [3.63, 3.8) is 0 Å². The Morgan fingerprint density at radius 3 is 1.85 bits per heavy atom. The van der Waals surface area contributed by atoms with Crippen LogP contribution in [0.1, 0.15) is 67.9 Å². The van der Waals surface area contributed by atoms with Crippen LogP contribution in [0.5, 0.6) is 5.75 Å². The average Bonchev–Trinajstić information content (AvgIpc) is 2.77. The van der Waals surface area contributed by atoms with E-state index in [1.165, 1.54) is 0 Å². The van der Waals surface area contributed by atoms with Crippen LogP contribution < -0.4 is 4.74 Å². The molecule has 1 N–H and O–H groups in total. The summed E-state index contributed by atoms with van der Waals surface area (Å²) >= 11 is 0. The molecule has 0 saturated carbocycles. The highest BCUT2D eigenvalue weighted by molar-refractivity contribution is 6.77. The molecule has 0 bridgehead atoms. The highest BCUT2D eigenvalue weighted by Crippen LogP contribution is 2.42. The minimum atomic E-state index is -2.00. The number of carbonyl (C=O) groups is 1. The summed E-state index contributed by atoms with van der Waals surface area (Å²) in [5.74, 6) is -0.0187. The van der Waals surface area contributed by atoms with E-state index in [1.54, 1.807) is 7.11 Å². The summed E-state index contributed by atoms with van der Waals surface area (Å²) in [5, 5.41) is 10.9. The number of carbonyl (C=O) groups excluding carboxylic acids is 1. The molecule has 0 saturated heterocycles. The van der Waals surface area contributed by atoms with E-state index in [0.29, 0.717) is 36.4 Å². The molecule has 190 valence electrons. The summed E-state index contributed by atoms with van der Waals surface area (Å²) in [6, 6.07) is 7.69. The molecule has 33 heavy (non-hydrogen) atoms. The predicted octanol–water partition coefficient (Wildman–Crippen LogP) is 6.24. The highest BCUT2D eigenvalue weighted by Gasteiger charge is 2.45. The minimum Gasteiger partial charge on any atom is -0.497 e. The van der Waals surface area contributed by atoms with Crippen molar-refractivity contribution in [3.8, 4) is 5.75 Å². The third-order valence-electron chi connectivity index (χ3n) is 7.13. The Morgan fingerprint density at radius 1 is 0.879 bits per heavy atom. The molecule has 1 rings (SSSR count). The Morgan fingerprint density at radius 2 is 1.39 bits per heavy atom. The van der Waals surface area contributed by atoms with Crippen LogP contribution in [0.15, 0.2) is 24.3 Å². The molecule has 0 aliphatic heterocycles. The molecule has 4 atom stereocenters. The number of benzene rings is 1. The Bertz CT molecular complexity index is 679. The first-order valence-electron chi connectivity index (χ1n) is 12.4. The van der Waals surface area contributed by atoms with Gasteiger partial charge in [0.15, 0.2) is 8.32 Å². The molecule has 1 aromatic rings. The first-order chi connectivity index (χ1) is 15.4. The van der Waals surface area contributed by atoms with Gasteiger partial charge in [-0.05, 0) is 34.3 Å². The molecule has 0 heterocycles. The van der Waals surface area contributed by atoms with Crippen LogP contribution in [0.4, 0.5) is 0 Å². The Kier molecular flexibility index (Phi) is 12.3. The van der Waals surface area contributed by atoms with Crippen LogP contribution in [-0.2, 0) is 20.6 Å². The molecule has 0 fully saturated rings. The van der Waals surface area contributed by atoms with E-state index in [2.05, 4.69) is 41.5 Å². The zero-order chi connectivity index (χ0) is 25.3. The normalized spacial score (nSPS) is 16.2. The van der Waals surface area contributed by atoms with Gasteiger partial charge in [0.2, 0.25) is 0 Å². The lowest BCUT2D eigenvalue weighted by atomic mass is 9.86. The van der Waals surface area contributed by atoms with Gasteiger partial charge in [-0.1, -0.05) is 74.4 Å². The Balaban J connectivity index is 2.62. The number of hydrogen-bond donors (Lipinski definition) is 1. The van der Waals surface area contributed by atoms with Gasteiger partial charge in [0.1, 0.15) is 11.5 Å². The van der Waals surface area contributed by atoms with Crippen LogP contribution in [0, 0.1) is 17.8 Å². The van der Waals surface area contributed by atoms with Crippen molar-refractivity contribution < 1.29 is 23.8 Å². The largest absolute Gasteiger partial charge is 0.497 e. The lowest BCUT2D eigenvalue weighted by molar-refractivity contribution is -0.132. The molecule has 6 heteroatoms. The molecule has 0 aliphatic carbocycles. The summed E-state index contributed by atoms with van der Waals surface area (Å²) in [5.41, 5.74) is 2.50. The average molecular weight is 481 g/mol. The van der Waals surface area contributed by atoms with Gasteiger partial charge in [0.25, 0.3) is 0 Å². The van der Waals surface area contributed by atoms with Crippen molar-refractivity contribution >= 4 is 14.1 Å². The van der Waals surface area contributed by atoms with Crippen LogP contribution in [0.2, 0.25) is 16.6 Å². The fourth-order valence-corrected chi connectivity index (χ4v) is 10.7. The second-order valence-corrected chi connectivity index (χ2v) is 16.0. The number of aliphatic hydroxyl groups is 1. The van der Waals surface area contributed by atoms with Crippen molar-refractivity contribution in [1.82, 2.24) is 0 Å². The van der Waals surface area contributed by atoms with E-state index in [1.807, 2.05) is 45.0 Å². The van der Waals surface area contributed by atoms with Crippen LogP contribution >= 0.6 is 0 Å². The monoisotopic (exact) mass is 480 g/mol. The molecule has 0 radical (unpaired) electrons. The van der Waals surface area contributed by atoms with Crippen molar-refractivity contribution in [3.05, 3.63) is 29.8 Å². The number of Topliss-reactive ketones (excluding diaryl/α,β-unsaturated/α-hetero) is 1. The molecule has 0 aliphatic rings. The first kappa shape index (κ1) is 29.8. The summed E-state index contributed by atoms with van der Waals surface area (Å²) in [4.78, 5) is 13.0. The van der Waals surface area contributed by atoms with E-state index < -0.39 is 20.3 Å². The fourth-order valence-electron chi connectivity index (χ4n) is 5.14. The summed E-state index contributed by atoms with van der Waals surface area (Å²) < 4.78 is 17.6. The zero-order valence-electron chi connectivity index (χ0n) is 22.6. The summed E-state index contributed by atoms with van der Waals surface area (Å²) in [6.45, 7) is 20.5. The maximum atomic E-state index is 13.0. The van der Waals surface area contributed by atoms with Gasteiger partial charge in [0, 0.05) is 24.4 Å². The summed E-state index contributed by atoms with van der Waals surface area (Å²) in [6.07, 6.45) is -0.736. The molecule has 0 aromatic heterocycles. The highest BCUT2D eigenvalue weighted by atomic mass is 28.4. The number of hydrogen-bond acceptors (Lipinski definition) is 5. The van der Waals surface area contributed by atoms with Crippen molar-refractivity contribution in [2.45, 2.75) is 91.6 Å². The number of methoxy groups -OCH3 is 1. The van der Waals surface area contributed by atoms with Gasteiger partial charge < -0.3 is 19.0 Å². The lowest BCUT2D eigenvalue weighted by Gasteiger charge is -2.43. The quantitative estimate of drug-likeness (QED) is 0.301. The smallest absolute Gasteiger partial charge is 0.200 e. The maximum absolute atomic E-state index is 13.0.